The zero-order chi connectivity index (χ0) is 29.7. The maximum atomic E-state index is 12.8. The monoisotopic (exact) mass is 567 g/mol. The minimum atomic E-state index is -0.406. The van der Waals surface area contributed by atoms with Crippen LogP contribution < -0.4 is 23.7 Å². The Morgan fingerprint density at radius 3 is 1.83 bits per heavy atom. The molecule has 1 heterocycles. The molecular formula is C36H43N2O4+. The van der Waals surface area contributed by atoms with Gasteiger partial charge in [-0.15, -0.1) is 0 Å². The number of hydrogen-bond acceptors (Lipinski definition) is 5. The minimum Gasteiger partial charge on any atom is -0.497 e. The first kappa shape index (κ1) is 30.6. The molecule has 1 aromatic heterocycles. The highest BCUT2D eigenvalue weighted by Gasteiger charge is 2.21. The predicted molar refractivity (Wildman–Crippen MR) is 168 cm³/mol. The van der Waals surface area contributed by atoms with E-state index in [0.717, 1.165) is 41.2 Å². The summed E-state index contributed by atoms with van der Waals surface area (Å²) in [5, 5.41) is 0. The van der Waals surface area contributed by atoms with Crippen molar-refractivity contribution in [3.63, 3.8) is 0 Å². The Bertz CT molecular complexity index is 1370. The summed E-state index contributed by atoms with van der Waals surface area (Å²) < 4.78 is 19.4. The van der Waals surface area contributed by atoms with Crippen molar-refractivity contribution in [3.05, 3.63) is 103 Å². The summed E-state index contributed by atoms with van der Waals surface area (Å²) in [5.74, 6) is 1.62. The molecule has 4 rings (SSSR count). The van der Waals surface area contributed by atoms with Gasteiger partial charge in [0.2, 0.25) is 0 Å². The number of benzene rings is 3. The zero-order valence-corrected chi connectivity index (χ0v) is 25.3. The van der Waals surface area contributed by atoms with Crippen molar-refractivity contribution in [2.75, 3.05) is 26.1 Å². The van der Waals surface area contributed by atoms with Gasteiger partial charge in [0.25, 0.3) is 0 Å². The van der Waals surface area contributed by atoms with Crippen LogP contribution >= 0.6 is 0 Å². The van der Waals surface area contributed by atoms with Gasteiger partial charge in [-0.2, -0.15) is 4.57 Å². The van der Waals surface area contributed by atoms with Crippen molar-refractivity contribution >= 4 is 11.7 Å². The summed E-state index contributed by atoms with van der Waals surface area (Å²) in [4.78, 5) is 14.9. The lowest BCUT2D eigenvalue weighted by Crippen LogP contribution is -2.42. The van der Waals surface area contributed by atoms with E-state index in [0.29, 0.717) is 11.3 Å². The van der Waals surface area contributed by atoms with Crippen LogP contribution in [0, 0.1) is 0 Å². The Morgan fingerprint density at radius 1 is 0.714 bits per heavy atom. The molecule has 0 fully saturated rings. The Balaban J connectivity index is 1.37. The van der Waals surface area contributed by atoms with Crippen LogP contribution in [0.5, 0.6) is 17.2 Å². The Kier molecular flexibility index (Phi) is 11.4. The topological polar surface area (TPSA) is 51.9 Å². The summed E-state index contributed by atoms with van der Waals surface area (Å²) in [6, 6.07) is 26.7. The fraction of sp³-hybridized carbons (Fsp3) is 0.333. The number of aromatic nitrogens is 1. The number of carbonyl (C=O) groups excluding carboxylic acids is 1. The fourth-order valence-corrected chi connectivity index (χ4v) is 4.78. The van der Waals surface area contributed by atoms with Crippen molar-refractivity contribution in [2.24, 2.45) is 0 Å². The number of ether oxygens (including phenoxy) is 3. The molecule has 4 aromatic rings. The quantitative estimate of drug-likeness (QED) is 0.0626. The second-order valence-electron chi connectivity index (χ2n) is 10.7. The van der Waals surface area contributed by atoms with Crippen molar-refractivity contribution in [3.8, 4) is 28.4 Å². The van der Waals surface area contributed by atoms with Crippen molar-refractivity contribution < 1.29 is 23.6 Å². The third-order valence-corrected chi connectivity index (χ3v) is 7.34. The van der Waals surface area contributed by atoms with E-state index in [4.69, 9.17) is 14.2 Å². The molecule has 0 aliphatic rings. The molecule has 1 atom stereocenters. The molecule has 6 heteroatoms. The number of nitrogens with zero attached hydrogens (tertiary/aromatic N) is 2. The van der Waals surface area contributed by atoms with Gasteiger partial charge in [-0.3, -0.25) is 0 Å². The molecule has 6 nitrogen and oxygen atoms in total. The summed E-state index contributed by atoms with van der Waals surface area (Å²) in [6.45, 7) is 2.24. The molecular weight excluding hydrogens is 524 g/mol. The number of methoxy groups -OCH3 is 1. The smallest absolute Gasteiger partial charge is 0.343 e. The molecule has 0 saturated heterocycles. The van der Waals surface area contributed by atoms with Crippen LogP contribution in [0.2, 0.25) is 0 Å². The van der Waals surface area contributed by atoms with Crippen LogP contribution in [0.1, 0.15) is 68.5 Å². The highest BCUT2D eigenvalue weighted by molar-refractivity contribution is 5.91. The number of unbranched alkanes of at least 4 members (excludes halogenated alkanes) is 5. The van der Waals surface area contributed by atoms with Crippen LogP contribution in [0.25, 0.3) is 11.1 Å². The molecule has 0 aliphatic carbocycles. The third kappa shape index (κ3) is 8.84. The van der Waals surface area contributed by atoms with E-state index in [1.54, 1.807) is 31.4 Å². The van der Waals surface area contributed by atoms with Crippen LogP contribution in [-0.4, -0.2) is 27.2 Å². The number of pyridine rings is 1. The van der Waals surface area contributed by atoms with Gasteiger partial charge in [0.15, 0.2) is 12.4 Å². The summed E-state index contributed by atoms with van der Waals surface area (Å²) in [6.07, 6.45) is 12.3. The maximum Gasteiger partial charge on any atom is 0.343 e. The number of hydrogen-bond donors (Lipinski definition) is 0. The first-order chi connectivity index (χ1) is 20.5. The molecule has 0 bridgehead atoms. The van der Waals surface area contributed by atoms with E-state index in [2.05, 4.69) is 40.9 Å². The lowest BCUT2D eigenvalue weighted by atomic mass is 10.1. The Hall–Kier alpha value is -4.32. The predicted octanol–water partition coefficient (Wildman–Crippen LogP) is 8.26. The van der Waals surface area contributed by atoms with Crippen LogP contribution in [0.4, 0.5) is 5.69 Å². The maximum absolute atomic E-state index is 12.8. The third-order valence-electron chi connectivity index (χ3n) is 7.34. The van der Waals surface area contributed by atoms with Gasteiger partial charge in [0, 0.05) is 38.3 Å². The van der Waals surface area contributed by atoms with E-state index in [1.807, 2.05) is 62.6 Å². The van der Waals surface area contributed by atoms with E-state index in [9.17, 15) is 4.79 Å². The van der Waals surface area contributed by atoms with E-state index < -0.39 is 5.97 Å². The summed E-state index contributed by atoms with van der Waals surface area (Å²) in [5.41, 5.74) is 3.70. The standard InChI is InChI=1S/C36H43N2O4/c1-5-6-7-8-9-10-11-35(38-26-24-31(25-27-38)37(2)3)41-33-22-16-30(17-23-33)36(39)42-34-20-14-29(15-21-34)28-12-18-32(40-4)19-13-28/h12-27,35H,5-11H2,1-4H3/q+1. The Labute approximate surface area is 250 Å². The van der Waals surface area contributed by atoms with Gasteiger partial charge < -0.3 is 19.1 Å². The first-order valence-corrected chi connectivity index (χ1v) is 14.9. The molecule has 3 aromatic carbocycles. The van der Waals surface area contributed by atoms with Crippen molar-refractivity contribution in [2.45, 2.75) is 58.1 Å². The second kappa shape index (κ2) is 15.6. The van der Waals surface area contributed by atoms with Crippen molar-refractivity contribution in [1.29, 1.82) is 0 Å². The van der Waals surface area contributed by atoms with E-state index >= 15 is 0 Å². The average Bonchev–Trinajstić information content (AvgIpc) is 3.03. The average molecular weight is 568 g/mol. The molecule has 1 unspecified atom stereocenters. The molecule has 0 radical (unpaired) electrons. The van der Waals surface area contributed by atoms with Gasteiger partial charge in [-0.1, -0.05) is 63.3 Å². The molecule has 0 saturated carbocycles. The van der Waals surface area contributed by atoms with Crippen molar-refractivity contribution in [1.82, 2.24) is 0 Å². The van der Waals surface area contributed by atoms with Gasteiger partial charge in [0.1, 0.15) is 17.2 Å². The highest BCUT2D eigenvalue weighted by atomic mass is 16.5. The number of carbonyl (C=O) groups is 1. The SMILES string of the molecule is CCCCCCCCC(Oc1ccc(C(=O)Oc2ccc(-c3ccc(OC)cc3)cc2)cc1)[n+]1ccc(N(C)C)cc1. The number of rotatable bonds is 15. The lowest BCUT2D eigenvalue weighted by molar-refractivity contribution is -0.754. The molecule has 0 N–H and O–H groups in total. The molecule has 0 spiro atoms. The molecule has 0 aliphatic heterocycles. The van der Waals surface area contributed by atoms with Crippen LogP contribution in [0.15, 0.2) is 97.3 Å². The first-order valence-electron chi connectivity index (χ1n) is 14.9. The van der Waals surface area contributed by atoms with Gasteiger partial charge >= 0.3 is 12.2 Å². The molecule has 220 valence electrons. The summed E-state index contributed by atoms with van der Waals surface area (Å²) in [7, 11) is 5.72. The molecule has 0 amide bonds. The zero-order valence-electron chi connectivity index (χ0n) is 25.3. The number of esters is 1. The minimum absolute atomic E-state index is 0.130. The largest absolute Gasteiger partial charge is 0.497 e. The fourth-order valence-electron chi connectivity index (χ4n) is 4.78. The van der Waals surface area contributed by atoms with Gasteiger partial charge in [0.05, 0.1) is 12.7 Å². The van der Waals surface area contributed by atoms with Gasteiger partial charge in [-0.25, -0.2) is 4.79 Å². The number of anilines is 1. The summed E-state index contributed by atoms with van der Waals surface area (Å²) >= 11 is 0. The normalized spacial score (nSPS) is 11.5. The van der Waals surface area contributed by atoms with E-state index in [1.165, 1.54) is 32.1 Å². The lowest BCUT2D eigenvalue weighted by Gasteiger charge is -2.16. The van der Waals surface area contributed by atoms with Gasteiger partial charge in [-0.05, 0) is 66.1 Å². The molecule has 42 heavy (non-hydrogen) atoms. The highest BCUT2D eigenvalue weighted by Crippen LogP contribution is 2.26. The Morgan fingerprint density at radius 2 is 1.26 bits per heavy atom. The van der Waals surface area contributed by atoms with E-state index in [-0.39, 0.29) is 6.23 Å². The van der Waals surface area contributed by atoms with Crippen LogP contribution in [0.3, 0.4) is 0 Å². The van der Waals surface area contributed by atoms with Crippen LogP contribution in [-0.2, 0) is 0 Å². The second-order valence-corrected chi connectivity index (χ2v) is 10.7.